The number of amides is 1. The zero-order chi connectivity index (χ0) is 22.3. The highest BCUT2D eigenvalue weighted by Crippen LogP contribution is 2.29. The van der Waals surface area contributed by atoms with Crippen LogP contribution in [0.3, 0.4) is 0 Å². The number of aromatic nitrogens is 3. The standard InChI is InChI=1S/C24H28N6O2/c1-25-24(31)18-6-5-17(21(11-18)32-2)9-10-26-23-12-20(29-15-30-23)19-7-8-22(28-14-19)27-13-16-3-4-16/h5-8,11-12,14-16H,3-4,9-10,13H2,1-2H3,(H,25,31)(H,27,28)(H,26,29,30). The van der Waals surface area contributed by atoms with Crippen LogP contribution in [0.1, 0.15) is 28.8 Å². The van der Waals surface area contributed by atoms with Crippen molar-refractivity contribution in [2.75, 3.05) is 37.9 Å². The minimum Gasteiger partial charge on any atom is -0.496 e. The zero-order valence-corrected chi connectivity index (χ0v) is 18.4. The predicted octanol–water partition coefficient (Wildman–Crippen LogP) is 3.38. The summed E-state index contributed by atoms with van der Waals surface area (Å²) in [6, 6.07) is 11.4. The van der Waals surface area contributed by atoms with Crippen LogP contribution >= 0.6 is 0 Å². The fourth-order valence-electron chi connectivity index (χ4n) is 3.39. The third-order valence-corrected chi connectivity index (χ3v) is 5.47. The molecule has 1 aliphatic rings. The molecule has 1 aliphatic carbocycles. The third kappa shape index (κ3) is 5.51. The molecule has 1 fully saturated rings. The zero-order valence-electron chi connectivity index (χ0n) is 18.4. The van der Waals surface area contributed by atoms with E-state index in [1.165, 1.54) is 12.8 Å². The van der Waals surface area contributed by atoms with Crippen LogP contribution in [-0.2, 0) is 6.42 Å². The van der Waals surface area contributed by atoms with Crippen molar-refractivity contribution in [2.24, 2.45) is 5.92 Å². The average molecular weight is 433 g/mol. The maximum absolute atomic E-state index is 11.8. The van der Waals surface area contributed by atoms with Gasteiger partial charge in [0.15, 0.2) is 0 Å². The molecule has 0 saturated heterocycles. The minimum absolute atomic E-state index is 0.136. The van der Waals surface area contributed by atoms with Crippen LogP contribution in [-0.4, -0.2) is 48.1 Å². The minimum atomic E-state index is -0.136. The Balaban J connectivity index is 1.35. The number of hydrogen-bond donors (Lipinski definition) is 3. The molecule has 0 unspecified atom stereocenters. The molecule has 2 heterocycles. The highest BCUT2D eigenvalue weighted by Gasteiger charge is 2.20. The number of nitrogens with zero attached hydrogens (tertiary/aromatic N) is 3. The van der Waals surface area contributed by atoms with Crippen molar-refractivity contribution in [3.63, 3.8) is 0 Å². The maximum atomic E-state index is 11.8. The Bertz CT molecular complexity index is 1070. The Morgan fingerprint density at radius 1 is 1.06 bits per heavy atom. The first-order valence-electron chi connectivity index (χ1n) is 10.8. The van der Waals surface area contributed by atoms with Gasteiger partial charge in [-0.25, -0.2) is 15.0 Å². The van der Waals surface area contributed by atoms with Gasteiger partial charge in [-0.05, 0) is 55.0 Å². The lowest BCUT2D eigenvalue weighted by atomic mass is 10.1. The molecule has 8 nitrogen and oxygen atoms in total. The molecule has 0 atom stereocenters. The van der Waals surface area contributed by atoms with Crippen LogP contribution in [0.4, 0.5) is 11.6 Å². The van der Waals surface area contributed by atoms with E-state index in [1.807, 2.05) is 30.5 Å². The molecule has 3 N–H and O–H groups in total. The van der Waals surface area contributed by atoms with Crippen LogP contribution in [0.5, 0.6) is 5.75 Å². The normalized spacial score (nSPS) is 12.8. The van der Waals surface area contributed by atoms with Gasteiger partial charge in [0.2, 0.25) is 0 Å². The Labute approximate surface area is 187 Å². The van der Waals surface area contributed by atoms with E-state index in [2.05, 4.69) is 30.9 Å². The van der Waals surface area contributed by atoms with E-state index >= 15 is 0 Å². The number of rotatable bonds is 10. The number of benzene rings is 1. The maximum Gasteiger partial charge on any atom is 0.251 e. The number of nitrogens with one attached hydrogen (secondary N) is 3. The number of carbonyl (C=O) groups is 1. The smallest absolute Gasteiger partial charge is 0.251 e. The average Bonchev–Trinajstić information content (AvgIpc) is 3.67. The van der Waals surface area contributed by atoms with Crippen molar-refractivity contribution in [3.8, 4) is 17.0 Å². The molecule has 166 valence electrons. The molecule has 0 radical (unpaired) electrons. The van der Waals surface area contributed by atoms with E-state index in [9.17, 15) is 4.79 Å². The van der Waals surface area contributed by atoms with Gasteiger partial charge in [0, 0.05) is 43.5 Å². The molecule has 4 rings (SSSR count). The predicted molar refractivity (Wildman–Crippen MR) is 125 cm³/mol. The van der Waals surface area contributed by atoms with Crippen molar-refractivity contribution < 1.29 is 9.53 Å². The van der Waals surface area contributed by atoms with E-state index in [0.717, 1.165) is 47.3 Å². The van der Waals surface area contributed by atoms with E-state index in [-0.39, 0.29) is 5.91 Å². The quantitative estimate of drug-likeness (QED) is 0.451. The topological polar surface area (TPSA) is 101 Å². The van der Waals surface area contributed by atoms with Gasteiger partial charge in [0.1, 0.15) is 23.7 Å². The van der Waals surface area contributed by atoms with Gasteiger partial charge in [0.05, 0.1) is 12.8 Å². The highest BCUT2D eigenvalue weighted by molar-refractivity contribution is 5.94. The second-order valence-corrected chi connectivity index (χ2v) is 7.83. The van der Waals surface area contributed by atoms with Gasteiger partial charge in [-0.1, -0.05) is 6.07 Å². The largest absolute Gasteiger partial charge is 0.496 e. The first-order chi connectivity index (χ1) is 15.7. The summed E-state index contributed by atoms with van der Waals surface area (Å²) in [6.45, 7) is 1.65. The Kier molecular flexibility index (Phi) is 6.79. The van der Waals surface area contributed by atoms with E-state index in [1.54, 1.807) is 32.6 Å². The third-order valence-electron chi connectivity index (χ3n) is 5.47. The molecule has 0 bridgehead atoms. The van der Waals surface area contributed by atoms with E-state index < -0.39 is 0 Å². The fraction of sp³-hybridized carbons (Fsp3) is 0.333. The van der Waals surface area contributed by atoms with Crippen molar-refractivity contribution in [1.82, 2.24) is 20.3 Å². The molecular formula is C24H28N6O2. The Morgan fingerprint density at radius 2 is 1.94 bits per heavy atom. The lowest BCUT2D eigenvalue weighted by molar-refractivity contribution is 0.0962. The molecule has 32 heavy (non-hydrogen) atoms. The fourth-order valence-corrected chi connectivity index (χ4v) is 3.39. The summed E-state index contributed by atoms with van der Waals surface area (Å²) in [5.74, 6) is 3.00. The monoisotopic (exact) mass is 432 g/mol. The van der Waals surface area contributed by atoms with E-state index in [0.29, 0.717) is 17.9 Å². The summed E-state index contributed by atoms with van der Waals surface area (Å²) < 4.78 is 5.46. The molecule has 0 aliphatic heterocycles. The van der Waals surface area contributed by atoms with Crippen molar-refractivity contribution in [2.45, 2.75) is 19.3 Å². The molecule has 8 heteroatoms. The van der Waals surface area contributed by atoms with Crippen molar-refractivity contribution in [3.05, 3.63) is 60.0 Å². The van der Waals surface area contributed by atoms with Crippen LogP contribution in [0.2, 0.25) is 0 Å². The van der Waals surface area contributed by atoms with Crippen LogP contribution in [0.25, 0.3) is 11.3 Å². The second-order valence-electron chi connectivity index (χ2n) is 7.83. The van der Waals surface area contributed by atoms with Gasteiger partial charge in [-0.2, -0.15) is 0 Å². The summed E-state index contributed by atoms with van der Waals surface area (Å²) in [5.41, 5.74) is 3.35. The van der Waals surface area contributed by atoms with Gasteiger partial charge in [0.25, 0.3) is 5.91 Å². The number of hydrogen-bond acceptors (Lipinski definition) is 7. The van der Waals surface area contributed by atoms with Gasteiger partial charge in [-0.15, -0.1) is 0 Å². The molecule has 1 aromatic carbocycles. The SMILES string of the molecule is CNC(=O)c1ccc(CCNc2cc(-c3ccc(NCC4CC4)nc3)ncn2)c(OC)c1. The molecule has 1 saturated carbocycles. The van der Waals surface area contributed by atoms with Crippen LogP contribution in [0, 0.1) is 5.92 Å². The molecular weight excluding hydrogens is 404 g/mol. The first-order valence-corrected chi connectivity index (χ1v) is 10.8. The summed E-state index contributed by atoms with van der Waals surface area (Å²) in [5, 5.41) is 9.33. The number of pyridine rings is 1. The molecule has 1 amide bonds. The van der Waals surface area contributed by atoms with Gasteiger partial charge < -0.3 is 20.7 Å². The van der Waals surface area contributed by atoms with Crippen molar-refractivity contribution in [1.29, 1.82) is 0 Å². The molecule has 3 aromatic rings. The summed E-state index contributed by atoms with van der Waals surface area (Å²) in [4.78, 5) is 25.0. The number of methoxy groups -OCH3 is 1. The lowest BCUT2D eigenvalue weighted by Gasteiger charge is -2.12. The van der Waals surface area contributed by atoms with E-state index in [4.69, 9.17) is 4.74 Å². The first kappa shape index (κ1) is 21.5. The molecule has 0 spiro atoms. The number of anilines is 2. The Morgan fingerprint density at radius 3 is 2.66 bits per heavy atom. The summed E-state index contributed by atoms with van der Waals surface area (Å²) >= 11 is 0. The van der Waals surface area contributed by atoms with Gasteiger partial charge in [-0.3, -0.25) is 4.79 Å². The molecule has 2 aromatic heterocycles. The number of carbonyl (C=O) groups excluding carboxylic acids is 1. The summed E-state index contributed by atoms with van der Waals surface area (Å²) in [7, 11) is 3.22. The highest BCUT2D eigenvalue weighted by atomic mass is 16.5. The second kappa shape index (κ2) is 10.1. The van der Waals surface area contributed by atoms with Crippen LogP contribution in [0.15, 0.2) is 48.9 Å². The van der Waals surface area contributed by atoms with Gasteiger partial charge >= 0.3 is 0 Å². The number of ether oxygens (including phenoxy) is 1. The Hall–Kier alpha value is -3.68. The van der Waals surface area contributed by atoms with Crippen molar-refractivity contribution >= 4 is 17.5 Å². The van der Waals surface area contributed by atoms with Crippen LogP contribution < -0.4 is 20.7 Å². The summed E-state index contributed by atoms with van der Waals surface area (Å²) in [6.07, 6.45) is 6.74. The lowest BCUT2D eigenvalue weighted by Crippen LogP contribution is -2.18.